The third-order valence-corrected chi connectivity index (χ3v) is 4.45. The molecule has 3 aromatic rings. The molecule has 6 heteroatoms. The van der Waals surface area contributed by atoms with E-state index in [0.29, 0.717) is 11.4 Å². The molecule has 0 radical (unpaired) electrons. The van der Waals surface area contributed by atoms with Crippen molar-refractivity contribution >= 4 is 29.2 Å². The molecule has 0 unspecified atom stereocenters. The van der Waals surface area contributed by atoms with Gasteiger partial charge < -0.3 is 11.1 Å². The summed E-state index contributed by atoms with van der Waals surface area (Å²) < 4.78 is 0. The van der Waals surface area contributed by atoms with Crippen LogP contribution in [-0.2, 0) is 0 Å². The number of rotatable bonds is 4. The van der Waals surface area contributed by atoms with E-state index < -0.39 is 0 Å². The Morgan fingerprint density at radius 1 is 1.04 bits per heavy atom. The van der Waals surface area contributed by atoms with Crippen molar-refractivity contribution in [2.24, 2.45) is 0 Å². The zero-order valence-corrected chi connectivity index (χ0v) is 16.8. The molecule has 1 amide bonds. The van der Waals surface area contributed by atoms with Gasteiger partial charge in [0.25, 0.3) is 5.91 Å². The average molecular weight is 381 g/mol. The van der Waals surface area contributed by atoms with Gasteiger partial charge in [-0.15, -0.1) is 11.8 Å². The Bertz CT molecular complexity index is 893. The minimum atomic E-state index is -0.379. The van der Waals surface area contributed by atoms with Gasteiger partial charge in [0.1, 0.15) is 0 Å². The number of nitrogen functional groups attached to an aromatic ring is 1. The second kappa shape index (κ2) is 9.73. The van der Waals surface area contributed by atoms with E-state index >= 15 is 0 Å². The molecule has 140 valence electrons. The summed E-state index contributed by atoms with van der Waals surface area (Å²) in [5.74, 6) is -0.273. The van der Waals surface area contributed by atoms with Crippen LogP contribution in [-0.4, -0.2) is 22.1 Å². The monoisotopic (exact) mass is 380 g/mol. The summed E-state index contributed by atoms with van der Waals surface area (Å²) >= 11 is 1.64. The number of anilines is 2. The molecule has 1 heterocycles. The molecule has 0 saturated carbocycles. The van der Waals surface area contributed by atoms with Crippen LogP contribution in [0.25, 0.3) is 11.3 Å². The molecule has 0 aliphatic carbocycles. The molecule has 0 aliphatic rings. The number of amides is 1. The van der Waals surface area contributed by atoms with Crippen molar-refractivity contribution in [3.63, 3.8) is 0 Å². The highest BCUT2D eigenvalue weighted by Crippen LogP contribution is 2.21. The van der Waals surface area contributed by atoms with E-state index in [-0.39, 0.29) is 17.4 Å². The topological polar surface area (TPSA) is 80.9 Å². The number of benzene rings is 2. The Morgan fingerprint density at radius 2 is 1.67 bits per heavy atom. The zero-order chi connectivity index (χ0) is 19.8. The summed E-state index contributed by atoms with van der Waals surface area (Å²) in [6.45, 7) is 6.01. The minimum absolute atomic E-state index is 0.106. The molecule has 0 spiro atoms. The lowest BCUT2D eigenvalue weighted by molar-refractivity contribution is 0.102. The summed E-state index contributed by atoms with van der Waals surface area (Å²) in [6, 6.07) is 15.4. The second-order valence-corrected chi connectivity index (χ2v) is 6.42. The highest BCUT2D eigenvalue weighted by atomic mass is 32.2. The van der Waals surface area contributed by atoms with Gasteiger partial charge >= 0.3 is 0 Å². The zero-order valence-electron chi connectivity index (χ0n) is 16.0. The molecule has 5 nitrogen and oxygen atoms in total. The number of hydrogen-bond donors (Lipinski definition) is 2. The van der Waals surface area contributed by atoms with Gasteiger partial charge in [-0.25, -0.2) is 9.97 Å². The smallest absolute Gasteiger partial charge is 0.278 e. The Balaban J connectivity index is 0.00000126. The number of aromatic nitrogens is 2. The van der Waals surface area contributed by atoms with Crippen LogP contribution in [0.4, 0.5) is 11.5 Å². The largest absolute Gasteiger partial charge is 0.382 e. The first kappa shape index (κ1) is 20.5. The number of nitrogens with zero attached hydrogens (tertiary/aromatic N) is 2. The van der Waals surface area contributed by atoms with Crippen LogP contribution in [0.1, 0.15) is 29.9 Å². The summed E-state index contributed by atoms with van der Waals surface area (Å²) in [6.07, 6.45) is 3.57. The fraction of sp³-hybridized carbons (Fsp3) is 0.190. The maximum Gasteiger partial charge on any atom is 0.278 e. The van der Waals surface area contributed by atoms with Crippen LogP contribution >= 0.6 is 11.8 Å². The van der Waals surface area contributed by atoms with E-state index in [0.717, 1.165) is 16.0 Å². The molecular weight excluding hydrogens is 356 g/mol. The van der Waals surface area contributed by atoms with Crippen molar-refractivity contribution in [1.82, 2.24) is 9.97 Å². The summed E-state index contributed by atoms with van der Waals surface area (Å²) in [4.78, 5) is 22.2. The van der Waals surface area contributed by atoms with Gasteiger partial charge in [-0.3, -0.25) is 4.79 Å². The molecule has 0 bridgehead atoms. The average Bonchev–Trinajstić information content (AvgIpc) is 2.71. The fourth-order valence-corrected chi connectivity index (χ4v) is 2.70. The molecule has 2 aromatic carbocycles. The maximum absolute atomic E-state index is 12.5. The van der Waals surface area contributed by atoms with E-state index in [1.54, 1.807) is 18.0 Å². The van der Waals surface area contributed by atoms with Crippen molar-refractivity contribution in [2.75, 3.05) is 17.3 Å². The standard InChI is InChI=1S/C19H18N4OS.C2H6/c1-12-3-5-13(6-4-12)16-11-21-18(20)17(23-16)19(24)22-14-7-9-15(25-2)10-8-14;1-2/h3-11H,1-2H3,(H2,20,21)(H,22,24);1-2H3. The highest BCUT2D eigenvalue weighted by Gasteiger charge is 2.15. The first-order valence-electron chi connectivity index (χ1n) is 8.72. The Kier molecular flexibility index (Phi) is 7.37. The van der Waals surface area contributed by atoms with Crippen LogP contribution < -0.4 is 11.1 Å². The SMILES string of the molecule is CC.CSc1ccc(NC(=O)c2nc(-c3ccc(C)cc3)cnc2N)cc1. The quantitative estimate of drug-likeness (QED) is 0.620. The normalized spacial score (nSPS) is 9.93. The van der Waals surface area contributed by atoms with E-state index in [2.05, 4.69) is 15.3 Å². The van der Waals surface area contributed by atoms with Gasteiger partial charge in [0, 0.05) is 16.1 Å². The van der Waals surface area contributed by atoms with Gasteiger partial charge in [-0.05, 0) is 37.4 Å². The van der Waals surface area contributed by atoms with Gasteiger partial charge in [-0.1, -0.05) is 43.7 Å². The van der Waals surface area contributed by atoms with Gasteiger partial charge in [0.2, 0.25) is 0 Å². The van der Waals surface area contributed by atoms with Crippen LogP contribution in [0.15, 0.2) is 59.6 Å². The number of hydrogen-bond acceptors (Lipinski definition) is 5. The van der Waals surface area contributed by atoms with E-state index in [9.17, 15) is 4.79 Å². The van der Waals surface area contributed by atoms with Gasteiger partial charge in [0.05, 0.1) is 11.9 Å². The van der Waals surface area contributed by atoms with E-state index in [4.69, 9.17) is 5.73 Å². The minimum Gasteiger partial charge on any atom is -0.382 e. The lowest BCUT2D eigenvalue weighted by atomic mass is 10.1. The number of carbonyl (C=O) groups excluding carboxylic acids is 1. The molecule has 3 rings (SSSR count). The molecule has 3 N–H and O–H groups in total. The maximum atomic E-state index is 12.5. The van der Waals surface area contributed by atoms with E-state index in [1.165, 1.54) is 0 Å². The lowest BCUT2D eigenvalue weighted by Gasteiger charge is -2.09. The summed E-state index contributed by atoms with van der Waals surface area (Å²) in [5.41, 5.74) is 9.30. The predicted octanol–water partition coefficient (Wildman–Crippen LogP) is 5.03. The van der Waals surface area contributed by atoms with Crippen LogP contribution in [0.5, 0.6) is 0 Å². The van der Waals surface area contributed by atoms with Crippen molar-refractivity contribution in [3.05, 3.63) is 66.0 Å². The lowest BCUT2D eigenvalue weighted by Crippen LogP contribution is -2.17. The second-order valence-electron chi connectivity index (χ2n) is 5.54. The summed E-state index contributed by atoms with van der Waals surface area (Å²) in [7, 11) is 0. The fourth-order valence-electron chi connectivity index (χ4n) is 2.29. The first-order chi connectivity index (χ1) is 13.1. The number of nitrogens with one attached hydrogen (secondary N) is 1. The molecule has 0 saturated heterocycles. The summed E-state index contributed by atoms with van der Waals surface area (Å²) in [5, 5.41) is 2.81. The number of aryl methyl sites for hydroxylation is 1. The molecule has 27 heavy (non-hydrogen) atoms. The van der Waals surface area contributed by atoms with Crippen molar-refractivity contribution in [1.29, 1.82) is 0 Å². The Labute approximate surface area is 164 Å². The third-order valence-electron chi connectivity index (χ3n) is 3.71. The van der Waals surface area contributed by atoms with Gasteiger partial charge in [-0.2, -0.15) is 0 Å². The number of nitrogens with two attached hydrogens (primary N) is 1. The van der Waals surface area contributed by atoms with Crippen LogP contribution in [0, 0.1) is 6.92 Å². The molecule has 1 aromatic heterocycles. The van der Waals surface area contributed by atoms with E-state index in [1.807, 2.05) is 75.6 Å². The Hall–Kier alpha value is -2.86. The van der Waals surface area contributed by atoms with Crippen LogP contribution in [0.2, 0.25) is 0 Å². The van der Waals surface area contributed by atoms with Crippen molar-refractivity contribution in [2.45, 2.75) is 25.7 Å². The first-order valence-corrected chi connectivity index (χ1v) is 9.94. The van der Waals surface area contributed by atoms with Gasteiger partial charge in [0.15, 0.2) is 11.5 Å². The molecule has 0 atom stereocenters. The highest BCUT2D eigenvalue weighted by molar-refractivity contribution is 7.98. The number of carbonyl (C=O) groups is 1. The number of thioether (sulfide) groups is 1. The van der Waals surface area contributed by atoms with Crippen LogP contribution in [0.3, 0.4) is 0 Å². The molecular formula is C21H24N4OS. The molecule has 0 aliphatic heterocycles. The van der Waals surface area contributed by atoms with Crippen molar-refractivity contribution in [3.8, 4) is 11.3 Å². The predicted molar refractivity (Wildman–Crippen MR) is 114 cm³/mol. The molecule has 0 fully saturated rings. The third kappa shape index (κ3) is 5.31. The van der Waals surface area contributed by atoms with Crippen molar-refractivity contribution < 1.29 is 4.79 Å². The Morgan fingerprint density at radius 3 is 2.26 bits per heavy atom.